The second-order valence-electron chi connectivity index (χ2n) is 8.79. The van der Waals surface area contributed by atoms with Crippen molar-refractivity contribution in [2.75, 3.05) is 0 Å². The molecule has 3 heteroatoms. The van der Waals surface area contributed by atoms with Gasteiger partial charge in [-0.1, -0.05) is 78.9 Å². The molecule has 1 fully saturated rings. The third kappa shape index (κ3) is 4.31. The minimum absolute atomic E-state index is 0.388. The Balaban J connectivity index is 2.22. The van der Waals surface area contributed by atoms with E-state index >= 15 is 0 Å². The Bertz CT molecular complexity index is 932. The van der Waals surface area contributed by atoms with Crippen LogP contribution in [0.25, 0.3) is 16.7 Å². The van der Waals surface area contributed by atoms with Crippen LogP contribution in [0.1, 0.15) is 47.1 Å². The fraction of sp³-hybridized carbons (Fsp3) is 0.308. The van der Waals surface area contributed by atoms with Crippen molar-refractivity contribution in [3.05, 3.63) is 84.5 Å². The maximum atomic E-state index is 6.40. The van der Waals surface area contributed by atoms with Crippen LogP contribution in [0.2, 0.25) is 0 Å². The topological polar surface area (TPSA) is 18.5 Å². The van der Waals surface area contributed by atoms with Crippen LogP contribution in [0, 0.1) is 0 Å². The van der Waals surface area contributed by atoms with Crippen LogP contribution in [0.15, 0.2) is 78.9 Å². The maximum absolute atomic E-state index is 6.40. The average Bonchev–Trinajstić information content (AvgIpc) is 2.90. The van der Waals surface area contributed by atoms with E-state index in [1.165, 1.54) is 5.57 Å². The molecule has 0 atom stereocenters. The van der Waals surface area contributed by atoms with Crippen LogP contribution in [0.3, 0.4) is 0 Å². The zero-order valence-corrected chi connectivity index (χ0v) is 18.5. The van der Waals surface area contributed by atoms with E-state index in [1.807, 2.05) is 12.1 Å². The summed E-state index contributed by atoms with van der Waals surface area (Å²) >= 11 is 0. The number of allylic oxidation sites excluding steroid dienone is 5. The number of benzene rings is 2. The summed E-state index contributed by atoms with van der Waals surface area (Å²) in [5.74, 6) is 0. The lowest BCUT2D eigenvalue weighted by atomic mass is 9.72. The molecule has 0 saturated carbocycles. The van der Waals surface area contributed by atoms with Gasteiger partial charge in [0.15, 0.2) is 0 Å². The van der Waals surface area contributed by atoms with Gasteiger partial charge in [-0.2, -0.15) is 0 Å². The summed E-state index contributed by atoms with van der Waals surface area (Å²) in [4.78, 5) is 0. The molecule has 1 aliphatic heterocycles. The Labute approximate surface area is 176 Å². The third-order valence-corrected chi connectivity index (χ3v) is 5.79. The second kappa shape index (κ2) is 8.18. The van der Waals surface area contributed by atoms with Gasteiger partial charge in [-0.15, -0.1) is 0 Å². The van der Waals surface area contributed by atoms with E-state index in [0.717, 1.165) is 27.7 Å². The molecule has 2 aromatic rings. The van der Waals surface area contributed by atoms with E-state index < -0.39 is 7.12 Å². The lowest BCUT2D eigenvalue weighted by Gasteiger charge is -2.32. The van der Waals surface area contributed by atoms with Crippen molar-refractivity contribution < 1.29 is 9.31 Å². The predicted molar refractivity (Wildman–Crippen MR) is 125 cm³/mol. The van der Waals surface area contributed by atoms with Crippen molar-refractivity contribution in [1.29, 1.82) is 0 Å². The zero-order chi connectivity index (χ0) is 21.2. The molecule has 2 nitrogen and oxygen atoms in total. The van der Waals surface area contributed by atoms with E-state index in [4.69, 9.17) is 9.31 Å². The van der Waals surface area contributed by atoms with Crippen LogP contribution in [0.5, 0.6) is 0 Å². The summed E-state index contributed by atoms with van der Waals surface area (Å²) in [5.41, 5.74) is 5.96. The number of hydrogen-bond acceptors (Lipinski definition) is 2. The summed E-state index contributed by atoms with van der Waals surface area (Å²) in [7, 11) is -0.426. The largest absolute Gasteiger partial charge is 0.495 e. The van der Waals surface area contributed by atoms with Crippen LogP contribution >= 0.6 is 0 Å². The van der Waals surface area contributed by atoms with Gasteiger partial charge in [-0.05, 0) is 69.3 Å². The molecule has 1 aliphatic rings. The zero-order valence-electron chi connectivity index (χ0n) is 18.5. The number of rotatable bonds is 5. The monoisotopic (exact) mass is 386 g/mol. The van der Waals surface area contributed by atoms with E-state index in [-0.39, 0.29) is 11.2 Å². The lowest BCUT2D eigenvalue weighted by molar-refractivity contribution is 0.00578. The molecule has 0 N–H and O–H groups in total. The Morgan fingerprint density at radius 1 is 0.862 bits per heavy atom. The normalized spacial score (nSPS) is 17.9. The Kier molecular flexibility index (Phi) is 6.02. The molecule has 0 aromatic heterocycles. The highest BCUT2D eigenvalue weighted by molar-refractivity contribution is 6.64. The van der Waals surface area contributed by atoms with Crippen molar-refractivity contribution in [3.63, 3.8) is 0 Å². The molecular formula is C26H31BO2. The van der Waals surface area contributed by atoms with Gasteiger partial charge in [-0.3, -0.25) is 0 Å². The molecule has 0 bridgehead atoms. The molecule has 29 heavy (non-hydrogen) atoms. The SMILES string of the molecule is C=C/C(=C\C=C(C)C)c1cccc(B2OC(C)(C)C(C)(C)O2)c1-c1ccccc1. The summed E-state index contributed by atoms with van der Waals surface area (Å²) in [5, 5.41) is 0. The highest BCUT2D eigenvalue weighted by atomic mass is 16.7. The van der Waals surface area contributed by atoms with Crippen LogP contribution in [0.4, 0.5) is 0 Å². The first kappa shape index (κ1) is 21.4. The quantitative estimate of drug-likeness (QED) is 0.451. The summed E-state index contributed by atoms with van der Waals surface area (Å²) in [6.45, 7) is 16.6. The first-order valence-electron chi connectivity index (χ1n) is 10.2. The summed E-state index contributed by atoms with van der Waals surface area (Å²) < 4.78 is 12.8. The standard InChI is InChI=1S/C26H31BO2/c1-8-20(18-17-19(2)3)22-15-12-16-23(24(22)21-13-10-9-11-14-21)27-28-25(4,5)26(6,7)29-27/h8-18H,1H2,2-7H3/b20-18+. The van der Waals surface area contributed by atoms with Crippen LogP contribution in [-0.2, 0) is 9.31 Å². The molecule has 3 rings (SSSR count). The minimum atomic E-state index is -0.426. The molecule has 150 valence electrons. The first-order valence-corrected chi connectivity index (χ1v) is 10.2. The van der Waals surface area contributed by atoms with Gasteiger partial charge in [0, 0.05) is 0 Å². The van der Waals surface area contributed by atoms with Gasteiger partial charge in [0.2, 0.25) is 0 Å². The highest BCUT2D eigenvalue weighted by Gasteiger charge is 2.52. The fourth-order valence-corrected chi connectivity index (χ4v) is 3.43. The number of hydrogen-bond donors (Lipinski definition) is 0. The third-order valence-electron chi connectivity index (χ3n) is 5.79. The van der Waals surface area contributed by atoms with Gasteiger partial charge in [0.05, 0.1) is 11.2 Å². The second-order valence-corrected chi connectivity index (χ2v) is 8.79. The predicted octanol–water partition coefficient (Wildman–Crippen LogP) is 6.19. The molecule has 0 aliphatic carbocycles. The molecule has 2 aromatic carbocycles. The van der Waals surface area contributed by atoms with Gasteiger partial charge in [0.25, 0.3) is 0 Å². The maximum Gasteiger partial charge on any atom is 0.495 e. The summed E-state index contributed by atoms with van der Waals surface area (Å²) in [6.07, 6.45) is 6.15. The molecule has 1 heterocycles. The molecule has 0 spiro atoms. The van der Waals surface area contributed by atoms with E-state index in [0.29, 0.717) is 0 Å². The van der Waals surface area contributed by atoms with E-state index in [1.54, 1.807) is 0 Å². The van der Waals surface area contributed by atoms with Crippen molar-refractivity contribution in [3.8, 4) is 11.1 Å². The van der Waals surface area contributed by atoms with Gasteiger partial charge >= 0.3 is 7.12 Å². The molecule has 0 unspecified atom stereocenters. The minimum Gasteiger partial charge on any atom is -0.399 e. The fourth-order valence-electron chi connectivity index (χ4n) is 3.43. The molecule has 0 radical (unpaired) electrons. The molecular weight excluding hydrogens is 355 g/mol. The van der Waals surface area contributed by atoms with Gasteiger partial charge in [0.1, 0.15) is 0 Å². The average molecular weight is 386 g/mol. The Hall–Kier alpha value is -2.36. The molecule has 0 amide bonds. The smallest absolute Gasteiger partial charge is 0.399 e. The van der Waals surface area contributed by atoms with Crippen molar-refractivity contribution in [2.24, 2.45) is 0 Å². The van der Waals surface area contributed by atoms with Crippen LogP contribution < -0.4 is 5.46 Å². The summed E-state index contributed by atoms with van der Waals surface area (Å²) in [6, 6.07) is 16.8. The van der Waals surface area contributed by atoms with Gasteiger partial charge < -0.3 is 9.31 Å². The van der Waals surface area contributed by atoms with Gasteiger partial charge in [-0.25, -0.2) is 0 Å². The highest BCUT2D eigenvalue weighted by Crippen LogP contribution is 2.38. The van der Waals surface area contributed by atoms with Crippen molar-refractivity contribution in [1.82, 2.24) is 0 Å². The van der Waals surface area contributed by atoms with Crippen molar-refractivity contribution in [2.45, 2.75) is 52.7 Å². The lowest BCUT2D eigenvalue weighted by Crippen LogP contribution is -2.41. The van der Waals surface area contributed by atoms with E-state index in [9.17, 15) is 0 Å². The Morgan fingerprint density at radius 3 is 2.03 bits per heavy atom. The van der Waals surface area contributed by atoms with Crippen LogP contribution in [-0.4, -0.2) is 18.3 Å². The first-order chi connectivity index (χ1) is 13.7. The van der Waals surface area contributed by atoms with E-state index in [2.05, 4.69) is 103 Å². The Morgan fingerprint density at radius 2 is 1.48 bits per heavy atom. The van der Waals surface area contributed by atoms with Crippen molar-refractivity contribution >= 4 is 18.2 Å². The molecule has 1 saturated heterocycles.